The van der Waals surface area contributed by atoms with Crippen molar-refractivity contribution in [2.75, 3.05) is 6.61 Å². The number of aromatic nitrogens is 1. The van der Waals surface area contributed by atoms with Crippen molar-refractivity contribution in [3.05, 3.63) is 29.0 Å². The fourth-order valence-electron chi connectivity index (χ4n) is 1.57. The topological polar surface area (TPSA) is 31.4 Å². The Kier molecular flexibility index (Phi) is 3.94. The fraction of sp³-hybridized carbons (Fsp3) is 0.545. The van der Waals surface area contributed by atoms with Gasteiger partial charge in [-0.3, -0.25) is 4.98 Å². The Hall–Kier alpha value is -0.640. The molecule has 1 unspecified atom stereocenters. The molecule has 15 heavy (non-hydrogen) atoms. The van der Waals surface area contributed by atoms with Gasteiger partial charge in [-0.05, 0) is 30.9 Å². The average molecular weight is 228 g/mol. The lowest BCUT2D eigenvalue weighted by atomic mass is 10.2. The molecule has 1 atom stereocenters. The highest BCUT2D eigenvalue weighted by molar-refractivity contribution is 6.30. The van der Waals surface area contributed by atoms with Gasteiger partial charge in [-0.15, -0.1) is 0 Å². The van der Waals surface area contributed by atoms with E-state index in [1.165, 1.54) is 6.42 Å². The van der Waals surface area contributed by atoms with E-state index in [0.29, 0.717) is 11.6 Å². The van der Waals surface area contributed by atoms with Crippen molar-refractivity contribution in [2.24, 2.45) is 0 Å². The number of hydrogen-bond acceptors (Lipinski definition) is 3. The van der Waals surface area contributed by atoms with Crippen molar-refractivity contribution in [1.29, 1.82) is 0 Å². The van der Waals surface area contributed by atoms with Gasteiger partial charge in [0.15, 0.2) is 6.29 Å². The van der Waals surface area contributed by atoms with Crippen LogP contribution >= 0.6 is 11.6 Å². The monoisotopic (exact) mass is 227 g/mol. The molecular weight excluding hydrogens is 214 g/mol. The summed E-state index contributed by atoms with van der Waals surface area (Å²) in [7, 11) is 0. The zero-order valence-corrected chi connectivity index (χ0v) is 9.24. The van der Waals surface area contributed by atoms with Crippen LogP contribution in [0.15, 0.2) is 18.5 Å². The van der Waals surface area contributed by atoms with Gasteiger partial charge in [0.05, 0.1) is 11.6 Å². The second-order valence-corrected chi connectivity index (χ2v) is 4.05. The molecule has 0 bridgehead atoms. The Bertz CT molecular complexity index is 313. The molecule has 1 aromatic heterocycles. The summed E-state index contributed by atoms with van der Waals surface area (Å²) in [6.07, 6.45) is 6.61. The second kappa shape index (κ2) is 5.45. The van der Waals surface area contributed by atoms with Crippen LogP contribution in [0.5, 0.6) is 0 Å². The lowest BCUT2D eigenvalue weighted by Gasteiger charge is -2.22. The molecule has 0 aliphatic carbocycles. The van der Waals surface area contributed by atoms with E-state index < -0.39 is 0 Å². The van der Waals surface area contributed by atoms with Crippen LogP contribution in [-0.2, 0) is 16.1 Å². The smallest absolute Gasteiger partial charge is 0.158 e. The molecule has 0 N–H and O–H groups in total. The zero-order valence-electron chi connectivity index (χ0n) is 8.49. The Morgan fingerprint density at radius 1 is 1.47 bits per heavy atom. The van der Waals surface area contributed by atoms with Crippen molar-refractivity contribution in [1.82, 2.24) is 4.98 Å². The third kappa shape index (κ3) is 3.45. The van der Waals surface area contributed by atoms with Crippen molar-refractivity contribution < 1.29 is 9.47 Å². The summed E-state index contributed by atoms with van der Waals surface area (Å²) in [5.74, 6) is 0. The van der Waals surface area contributed by atoms with Crippen LogP contribution in [0.25, 0.3) is 0 Å². The predicted octanol–water partition coefficient (Wildman–Crippen LogP) is 2.78. The van der Waals surface area contributed by atoms with E-state index in [9.17, 15) is 0 Å². The van der Waals surface area contributed by atoms with E-state index in [4.69, 9.17) is 21.1 Å². The first-order valence-corrected chi connectivity index (χ1v) is 5.55. The van der Waals surface area contributed by atoms with Crippen LogP contribution in [0.4, 0.5) is 0 Å². The van der Waals surface area contributed by atoms with Crippen molar-refractivity contribution in [3.63, 3.8) is 0 Å². The summed E-state index contributed by atoms with van der Waals surface area (Å²) in [5.41, 5.74) is 0.983. The molecule has 0 saturated carbocycles. The summed E-state index contributed by atoms with van der Waals surface area (Å²) in [5, 5.41) is 0.640. The molecule has 82 valence electrons. The van der Waals surface area contributed by atoms with Gasteiger partial charge in [-0.25, -0.2) is 0 Å². The predicted molar refractivity (Wildman–Crippen MR) is 57.6 cm³/mol. The highest BCUT2D eigenvalue weighted by Crippen LogP contribution is 2.16. The van der Waals surface area contributed by atoms with Crippen molar-refractivity contribution in [3.8, 4) is 0 Å². The van der Waals surface area contributed by atoms with E-state index in [2.05, 4.69) is 4.98 Å². The molecule has 1 saturated heterocycles. The first kappa shape index (κ1) is 10.9. The lowest BCUT2D eigenvalue weighted by Crippen LogP contribution is -2.22. The zero-order chi connectivity index (χ0) is 10.5. The number of halogens is 1. The molecule has 1 fully saturated rings. The number of hydrogen-bond donors (Lipinski definition) is 0. The summed E-state index contributed by atoms with van der Waals surface area (Å²) in [6, 6.07) is 1.86. The van der Waals surface area contributed by atoms with E-state index in [0.717, 1.165) is 25.0 Å². The highest BCUT2D eigenvalue weighted by atomic mass is 35.5. The van der Waals surface area contributed by atoms with Gasteiger partial charge in [0.1, 0.15) is 0 Å². The van der Waals surface area contributed by atoms with E-state index >= 15 is 0 Å². The minimum Gasteiger partial charge on any atom is -0.353 e. The van der Waals surface area contributed by atoms with E-state index in [1.807, 2.05) is 6.07 Å². The molecule has 1 aliphatic heterocycles. The molecule has 0 spiro atoms. The third-order valence-electron chi connectivity index (χ3n) is 2.34. The van der Waals surface area contributed by atoms with Gasteiger partial charge >= 0.3 is 0 Å². The summed E-state index contributed by atoms with van der Waals surface area (Å²) >= 11 is 5.82. The van der Waals surface area contributed by atoms with Gasteiger partial charge in [0.25, 0.3) is 0 Å². The fourth-order valence-corrected chi connectivity index (χ4v) is 1.76. The largest absolute Gasteiger partial charge is 0.353 e. The lowest BCUT2D eigenvalue weighted by molar-refractivity contribution is -0.168. The number of rotatable bonds is 3. The first-order valence-electron chi connectivity index (χ1n) is 5.17. The minimum atomic E-state index is -0.0577. The van der Waals surface area contributed by atoms with Crippen LogP contribution in [0.2, 0.25) is 5.02 Å². The number of nitrogens with zero attached hydrogens (tertiary/aromatic N) is 1. The van der Waals surface area contributed by atoms with Crippen LogP contribution in [-0.4, -0.2) is 17.9 Å². The van der Waals surface area contributed by atoms with E-state index in [-0.39, 0.29) is 6.29 Å². The summed E-state index contributed by atoms with van der Waals surface area (Å²) in [6.45, 7) is 1.32. The third-order valence-corrected chi connectivity index (χ3v) is 2.54. The Labute approximate surface area is 94.4 Å². The minimum absolute atomic E-state index is 0.0577. The molecule has 0 radical (unpaired) electrons. The normalized spacial score (nSPS) is 21.5. The summed E-state index contributed by atoms with van der Waals surface area (Å²) in [4.78, 5) is 4.00. The SMILES string of the molecule is Clc1cncc(COC2CCCCO2)c1. The van der Waals surface area contributed by atoms with Crippen LogP contribution in [0.3, 0.4) is 0 Å². The van der Waals surface area contributed by atoms with Crippen molar-refractivity contribution >= 4 is 11.6 Å². The maximum Gasteiger partial charge on any atom is 0.158 e. The molecule has 2 rings (SSSR count). The molecule has 1 aliphatic rings. The van der Waals surface area contributed by atoms with Crippen LogP contribution in [0, 0.1) is 0 Å². The van der Waals surface area contributed by atoms with Gasteiger partial charge in [-0.2, -0.15) is 0 Å². The highest BCUT2D eigenvalue weighted by Gasteiger charge is 2.13. The molecule has 1 aromatic rings. The van der Waals surface area contributed by atoms with Crippen molar-refractivity contribution in [2.45, 2.75) is 32.2 Å². The van der Waals surface area contributed by atoms with Gasteiger partial charge < -0.3 is 9.47 Å². The summed E-state index contributed by atoms with van der Waals surface area (Å²) < 4.78 is 11.1. The number of ether oxygens (including phenoxy) is 2. The Morgan fingerprint density at radius 2 is 2.40 bits per heavy atom. The number of pyridine rings is 1. The maximum atomic E-state index is 5.82. The average Bonchev–Trinajstić information content (AvgIpc) is 2.28. The first-order chi connectivity index (χ1) is 7.34. The van der Waals surface area contributed by atoms with Crippen LogP contribution < -0.4 is 0 Å². The standard InChI is InChI=1S/C11H14ClNO2/c12-10-5-9(6-13-7-10)8-15-11-3-1-2-4-14-11/h5-7,11H,1-4,8H2. The molecule has 0 amide bonds. The van der Waals surface area contributed by atoms with E-state index in [1.54, 1.807) is 12.4 Å². The van der Waals surface area contributed by atoms with Gasteiger partial charge in [-0.1, -0.05) is 11.6 Å². The molecule has 4 heteroatoms. The molecule has 2 heterocycles. The van der Waals surface area contributed by atoms with Gasteiger partial charge in [0.2, 0.25) is 0 Å². The molecule has 0 aromatic carbocycles. The Balaban J connectivity index is 1.81. The Morgan fingerprint density at radius 3 is 3.13 bits per heavy atom. The second-order valence-electron chi connectivity index (χ2n) is 3.62. The molecule has 3 nitrogen and oxygen atoms in total. The quantitative estimate of drug-likeness (QED) is 0.796. The van der Waals surface area contributed by atoms with Gasteiger partial charge in [0, 0.05) is 19.0 Å². The molecular formula is C11H14ClNO2. The van der Waals surface area contributed by atoms with Crippen LogP contribution in [0.1, 0.15) is 24.8 Å². The maximum absolute atomic E-state index is 5.82.